The predicted octanol–water partition coefficient (Wildman–Crippen LogP) is 4.51. The Morgan fingerprint density at radius 3 is 2.65 bits per heavy atom. The van der Waals surface area contributed by atoms with E-state index < -0.39 is 0 Å². The summed E-state index contributed by atoms with van der Waals surface area (Å²) in [5.41, 5.74) is 0. The molecule has 1 fully saturated rings. The minimum atomic E-state index is 0.103. The third-order valence-electron chi connectivity index (χ3n) is 2.96. The summed E-state index contributed by atoms with van der Waals surface area (Å²) >= 11 is 14.1. The van der Waals surface area contributed by atoms with Gasteiger partial charge in [0.2, 0.25) is 0 Å². The summed E-state index contributed by atoms with van der Waals surface area (Å²) in [5, 5.41) is 0. The zero-order valence-electron chi connectivity index (χ0n) is 9.09. The first-order chi connectivity index (χ1) is 8.13. The molecule has 0 bridgehead atoms. The van der Waals surface area contributed by atoms with Crippen molar-refractivity contribution in [2.45, 2.75) is 25.3 Å². The molecular formula is C11H12Br2ClNOS. The number of amides is 1. The zero-order chi connectivity index (χ0) is 12.4. The second-order valence-electron chi connectivity index (χ2n) is 4.00. The molecule has 1 aromatic rings. The highest BCUT2D eigenvalue weighted by atomic mass is 79.9. The molecule has 0 aromatic carbocycles. The van der Waals surface area contributed by atoms with Crippen molar-refractivity contribution in [2.75, 3.05) is 12.4 Å². The van der Waals surface area contributed by atoms with Gasteiger partial charge in [0.1, 0.15) is 0 Å². The maximum Gasteiger partial charge on any atom is 0.264 e. The van der Waals surface area contributed by atoms with Crippen molar-refractivity contribution >= 4 is 60.7 Å². The van der Waals surface area contributed by atoms with Crippen LogP contribution in [0.15, 0.2) is 14.3 Å². The predicted molar refractivity (Wildman–Crippen MR) is 79.1 cm³/mol. The Bertz CT molecular complexity index is 400. The minimum Gasteiger partial charge on any atom is -0.334 e. The SMILES string of the molecule is O=C(c1cc(Br)c(Br)s1)N(CCCl)C1CCC1. The van der Waals surface area contributed by atoms with Crippen molar-refractivity contribution in [1.82, 2.24) is 4.90 Å². The van der Waals surface area contributed by atoms with Crippen LogP contribution in [-0.2, 0) is 0 Å². The molecular weight excluding hydrogens is 389 g/mol. The van der Waals surface area contributed by atoms with Gasteiger partial charge in [-0.05, 0) is 57.2 Å². The number of carbonyl (C=O) groups is 1. The second-order valence-corrected chi connectivity index (χ2v) is 7.61. The first kappa shape index (κ1) is 13.8. The van der Waals surface area contributed by atoms with Crippen LogP contribution in [-0.4, -0.2) is 29.3 Å². The van der Waals surface area contributed by atoms with E-state index in [0.717, 1.165) is 26.0 Å². The van der Waals surface area contributed by atoms with Gasteiger partial charge in [-0.15, -0.1) is 22.9 Å². The smallest absolute Gasteiger partial charge is 0.264 e. The van der Waals surface area contributed by atoms with E-state index in [1.807, 2.05) is 11.0 Å². The zero-order valence-corrected chi connectivity index (χ0v) is 13.8. The van der Waals surface area contributed by atoms with E-state index in [9.17, 15) is 4.79 Å². The number of halogens is 3. The van der Waals surface area contributed by atoms with Crippen LogP contribution in [0.1, 0.15) is 28.9 Å². The molecule has 0 aliphatic heterocycles. The fourth-order valence-corrected chi connectivity index (χ4v) is 4.01. The highest BCUT2D eigenvalue weighted by Gasteiger charge is 2.29. The monoisotopic (exact) mass is 399 g/mol. The van der Waals surface area contributed by atoms with Crippen LogP contribution >= 0.6 is 54.8 Å². The van der Waals surface area contributed by atoms with Crippen LogP contribution in [0.5, 0.6) is 0 Å². The number of hydrogen-bond donors (Lipinski definition) is 0. The van der Waals surface area contributed by atoms with Gasteiger partial charge < -0.3 is 4.90 Å². The Morgan fingerprint density at radius 2 is 2.24 bits per heavy atom. The minimum absolute atomic E-state index is 0.103. The van der Waals surface area contributed by atoms with E-state index >= 15 is 0 Å². The molecule has 1 saturated carbocycles. The van der Waals surface area contributed by atoms with Crippen LogP contribution in [0.3, 0.4) is 0 Å². The van der Waals surface area contributed by atoms with Crippen molar-refractivity contribution in [2.24, 2.45) is 0 Å². The molecule has 0 radical (unpaired) electrons. The van der Waals surface area contributed by atoms with Crippen LogP contribution in [0, 0.1) is 0 Å². The molecule has 1 heterocycles. The van der Waals surface area contributed by atoms with E-state index in [0.29, 0.717) is 18.5 Å². The van der Waals surface area contributed by atoms with Crippen molar-refractivity contribution < 1.29 is 4.79 Å². The van der Waals surface area contributed by atoms with Gasteiger partial charge in [0.25, 0.3) is 5.91 Å². The van der Waals surface area contributed by atoms with Crippen LogP contribution in [0.4, 0.5) is 0 Å². The highest BCUT2D eigenvalue weighted by molar-refractivity contribution is 9.13. The quantitative estimate of drug-likeness (QED) is 0.680. The molecule has 6 heteroatoms. The van der Waals surface area contributed by atoms with E-state index in [1.54, 1.807) is 0 Å². The van der Waals surface area contributed by atoms with Gasteiger partial charge in [0.05, 0.1) is 8.66 Å². The molecule has 1 aliphatic rings. The van der Waals surface area contributed by atoms with E-state index in [2.05, 4.69) is 31.9 Å². The molecule has 0 unspecified atom stereocenters. The summed E-state index contributed by atoms with van der Waals surface area (Å²) in [6.07, 6.45) is 3.43. The third-order valence-corrected chi connectivity index (χ3v) is 6.37. The largest absolute Gasteiger partial charge is 0.334 e. The number of rotatable bonds is 4. The molecule has 94 valence electrons. The Hall–Kier alpha value is 0.420. The molecule has 2 rings (SSSR count). The Kier molecular flexibility index (Phi) is 4.92. The lowest BCUT2D eigenvalue weighted by molar-refractivity contribution is 0.0603. The Morgan fingerprint density at radius 1 is 1.53 bits per heavy atom. The second kappa shape index (κ2) is 6.04. The van der Waals surface area contributed by atoms with Crippen molar-refractivity contribution in [1.29, 1.82) is 0 Å². The summed E-state index contributed by atoms with van der Waals surface area (Å²) in [4.78, 5) is 15.1. The maximum absolute atomic E-state index is 12.4. The average Bonchev–Trinajstić information content (AvgIpc) is 2.55. The fourth-order valence-electron chi connectivity index (χ4n) is 1.83. The summed E-state index contributed by atoms with van der Waals surface area (Å²) in [6.45, 7) is 0.637. The van der Waals surface area contributed by atoms with Gasteiger partial charge in [-0.25, -0.2) is 0 Å². The first-order valence-corrected chi connectivity index (χ1v) is 8.39. The molecule has 17 heavy (non-hydrogen) atoms. The summed E-state index contributed by atoms with van der Waals surface area (Å²) in [6, 6.07) is 2.26. The molecule has 1 aromatic heterocycles. The summed E-state index contributed by atoms with van der Waals surface area (Å²) in [7, 11) is 0. The molecule has 0 atom stereocenters. The standard InChI is InChI=1S/C11H12Br2ClNOS/c12-8-6-9(17-10(8)13)11(16)15(5-4-14)7-2-1-3-7/h6-7H,1-5H2. The van der Waals surface area contributed by atoms with Gasteiger partial charge in [-0.1, -0.05) is 0 Å². The van der Waals surface area contributed by atoms with Crippen molar-refractivity contribution in [3.05, 3.63) is 19.2 Å². The van der Waals surface area contributed by atoms with Gasteiger partial charge in [0.15, 0.2) is 0 Å². The molecule has 2 nitrogen and oxygen atoms in total. The first-order valence-electron chi connectivity index (χ1n) is 5.45. The van der Waals surface area contributed by atoms with Gasteiger partial charge >= 0.3 is 0 Å². The van der Waals surface area contributed by atoms with Gasteiger partial charge in [-0.3, -0.25) is 4.79 Å². The van der Waals surface area contributed by atoms with Crippen LogP contribution in [0.2, 0.25) is 0 Å². The molecule has 0 saturated heterocycles. The van der Waals surface area contributed by atoms with Crippen molar-refractivity contribution in [3.63, 3.8) is 0 Å². The number of alkyl halides is 1. The third kappa shape index (κ3) is 3.06. The van der Waals surface area contributed by atoms with Crippen LogP contribution < -0.4 is 0 Å². The Balaban J connectivity index is 2.14. The van der Waals surface area contributed by atoms with Crippen molar-refractivity contribution in [3.8, 4) is 0 Å². The fraction of sp³-hybridized carbons (Fsp3) is 0.545. The number of hydrogen-bond acceptors (Lipinski definition) is 2. The van der Waals surface area contributed by atoms with E-state index in [1.165, 1.54) is 17.8 Å². The van der Waals surface area contributed by atoms with Crippen LogP contribution in [0.25, 0.3) is 0 Å². The highest BCUT2D eigenvalue weighted by Crippen LogP contribution is 2.34. The van der Waals surface area contributed by atoms with E-state index in [-0.39, 0.29) is 5.91 Å². The lowest BCUT2D eigenvalue weighted by atomic mass is 9.91. The summed E-state index contributed by atoms with van der Waals surface area (Å²) in [5.74, 6) is 0.599. The lowest BCUT2D eigenvalue weighted by Gasteiger charge is -2.37. The maximum atomic E-state index is 12.4. The number of carbonyl (C=O) groups excluding carboxylic acids is 1. The molecule has 1 amide bonds. The number of thiophene rings is 1. The molecule has 0 spiro atoms. The molecule has 0 N–H and O–H groups in total. The van der Waals surface area contributed by atoms with Gasteiger partial charge in [-0.2, -0.15) is 0 Å². The normalized spacial score (nSPS) is 15.7. The summed E-state index contributed by atoms with van der Waals surface area (Å²) < 4.78 is 1.89. The van der Waals surface area contributed by atoms with E-state index in [4.69, 9.17) is 11.6 Å². The Labute approximate surface area is 127 Å². The lowest BCUT2D eigenvalue weighted by Crippen LogP contribution is -2.45. The molecule has 1 aliphatic carbocycles. The average molecular weight is 402 g/mol. The number of nitrogens with zero attached hydrogens (tertiary/aromatic N) is 1. The topological polar surface area (TPSA) is 20.3 Å². The van der Waals surface area contributed by atoms with Gasteiger partial charge in [0, 0.05) is 22.9 Å².